The summed E-state index contributed by atoms with van der Waals surface area (Å²) >= 11 is 0. The minimum Gasteiger partial charge on any atom is -0.497 e. The monoisotopic (exact) mass is 386 g/mol. The number of benzene rings is 3. The van der Waals surface area contributed by atoms with E-state index < -0.39 is 0 Å². The quantitative estimate of drug-likeness (QED) is 0.681. The van der Waals surface area contributed by atoms with Crippen LogP contribution in [0, 0.1) is 0 Å². The van der Waals surface area contributed by atoms with E-state index in [1.165, 1.54) is 16.7 Å². The van der Waals surface area contributed by atoms with Crippen molar-refractivity contribution in [3.63, 3.8) is 0 Å². The fraction of sp³-hybridized carbons (Fsp3) is 0.240. The zero-order chi connectivity index (χ0) is 20.1. The van der Waals surface area contributed by atoms with Crippen molar-refractivity contribution in [1.82, 2.24) is 4.90 Å². The molecule has 3 aromatic carbocycles. The lowest BCUT2D eigenvalue weighted by atomic mass is 9.99. The molecule has 4 nitrogen and oxygen atoms in total. The predicted octanol–water partition coefficient (Wildman–Crippen LogP) is 4.43. The fourth-order valence-corrected chi connectivity index (χ4v) is 3.68. The number of anilines is 1. The highest BCUT2D eigenvalue weighted by molar-refractivity contribution is 5.79. The minimum atomic E-state index is 0.193. The average Bonchev–Trinajstić information content (AvgIpc) is 2.78. The van der Waals surface area contributed by atoms with Crippen molar-refractivity contribution in [3.8, 4) is 5.75 Å². The molecule has 0 bridgehead atoms. The molecule has 0 aromatic heterocycles. The van der Waals surface area contributed by atoms with Crippen molar-refractivity contribution < 1.29 is 9.53 Å². The van der Waals surface area contributed by atoms with Crippen LogP contribution in [0.25, 0.3) is 0 Å². The van der Waals surface area contributed by atoms with Gasteiger partial charge in [0.15, 0.2) is 0 Å². The van der Waals surface area contributed by atoms with Gasteiger partial charge in [0.25, 0.3) is 0 Å². The highest BCUT2D eigenvalue weighted by atomic mass is 16.5. The third kappa shape index (κ3) is 4.77. The highest BCUT2D eigenvalue weighted by Crippen LogP contribution is 2.20. The van der Waals surface area contributed by atoms with E-state index in [9.17, 15) is 4.79 Å². The normalized spacial score (nSPS) is 12.9. The minimum absolute atomic E-state index is 0.193. The molecule has 4 rings (SSSR count). The number of nitrogens with one attached hydrogen (secondary N) is 1. The number of nitrogens with zero attached hydrogens (tertiary/aromatic N) is 1. The van der Waals surface area contributed by atoms with Gasteiger partial charge in [-0.3, -0.25) is 4.79 Å². The molecule has 29 heavy (non-hydrogen) atoms. The van der Waals surface area contributed by atoms with E-state index in [-0.39, 0.29) is 5.91 Å². The number of hydrogen-bond acceptors (Lipinski definition) is 3. The van der Waals surface area contributed by atoms with E-state index in [0.29, 0.717) is 6.42 Å². The molecule has 1 amide bonds. The van der Waals surface area contributed by atoms with Crippen LogP contribution in [0.5, 0.6) is 5.75 Å². The van der Waals surface area contributed by atoms with E-state index in [1.54, 1.807) is 7.11 Å². The largest absolute Gasteiger partial charge is 0.497 e. The van der Waals surface area contributed by atoms with Gasteiger partial charge in [0.2, 0.25) is 5.91 Å². The number of hydrogen-bond donors (Lipinski definition) is 1. The van der Waals surface area contributed by atoms with Gasteiger partial charge in [-0.1, -0.05) is 48.5 Å². The summed E-state index contributed by atoms with van der Waals surface area (Å²) in [6, 6.07) is 24.6. The molecule has 1 heterocycles. The van der Waals surface area contributed by atoms with E-state index in [1.807, 2.05) is 47.4 Å². The summed E-state index contributed by atoms with van der Waals surface area (Å²) < 4.78 is 5.19. The number of carbonyl (C=O) groups is 1. The van der Waals surface area contributed by atoms with Gasteiger partial charge in [0, 0.05) is 25.3 Å². The molecular formula is C25H26N2O2. The summed E-state index contributed by atoms with van der Waals surface area (Å²) in [5.74, 6) is 1.05. The Balaban J connectivity index is 1.30. The van der Waals surface area contributed by atoms with Crippen molar-refractivity contribution in [2.24, 2.45) is 0 Å². The first kappa shape index (κ1) is 19.1. The van der Waals surface area contributed by atoms with Crippen molar-refractivity contribution in [1.29, 1.82) is 0 Å². The molecule has 148 valence electrons. The van der Waals surface area contributed by atoms with Crippen molar-refractivity contribution in [2.45, 2.75) is 25.9 Å². The first-order valence-corrected chi connectivity index (χ1v) is 10.0. The molecule has 0 aliphatic carbocycles. The van der Waals surface area contributed by atoms with Crippen LogP contribution in [0.4, 0.5) is 5.69 Å². The molecular weight excluding hydrogens is 360 g/mol. The molecule has 3 aromatic rings. The van der Waals surface area contributed by atoms with Crippen LogP contribution in [0.15, 0.2) is 72.8 Å². The van der Waals surface area contributed by atoms with Gasteiger partial charge in [0.1, 0.15) is 5.75 Å². The third-order valence-electron chi connectivity index (χ3n) is 5.45. The zero-order valence-corrected chi connectivity index (χ0v) is 16.7. The van der Waals surface area contributed by atoms with E-state index in [0.717, 1.165) is 43.1 Å². The van der Waals surface area contributed by atoms with Crippen molar-refractivity contribution in [3.05, 3.63) is 95.1 Å². The average molecular weight is 386 g/mol. The second-order valence-corrected chi connectivity index (χ2v) is 7.41. The maximum Gasteiger partial charge on any atom is 0.227 e. The number of rotatable bonds is 6. The molecule has 0 spiro atoms. The van der Waals surface area contributed by atoms with E-state index in [4.69, 9.17) is 4.74 Å². The van der Waals surface area contributed by atoms with Gasteiger partial charge >= 0.3 is 0 Å². The Bertz CT molecular complexity index is 965. The summed E-state index contributed by atoms with van der Waals surface area (Å²) in [7, 11) is 1.67. The Labute approximate surface area is 172 Å². The van der Waals surface area contributed by atoms with Gasteiger partial charge < -0.3 is 15.0 Å². The first-order valence-electron chi connectivity index (χ1n) is 10.0. The van der Waals surface area contributed by atoms with Gasteiger partial charge in [-0.15, -0.1) is 0 Å². The molecule has 0 radical (unpaired) electrons. The van der Waals surface area contributed by atoms with Crippen LogP contribution >= 0.6 is 0 Å². The lowest BCUT2D eigenvalue weighted by Crippen LogP contribution is -2.36. The second-order valence-electron chi connectivity index (χ2n) is 7.41. The fourth-order valence-electron chi connectivity index (χ4n) is 3.68. The van der Waals surface area contributed by atoms with E-state index >= 15 is 0 Å². The summed E-state index contributed by atoms with van der Waals surface area (Å²) in [6.45, 7) is 2.27. The Kier molecular flexibility index (Phi) is 5.80. The van der Waals surface area contributed by atoms with Crippen molar-refractivity contribution >= 4 is 11.6 Å². The highest BCUT2D eigenvalue weighted by Gasteiger charge is 2.20. The maximum atomic E-state index is 12.7. The summed E-state index contributed by atoms with van der Waals surface area (Å²) in [5.41, 5.74) is 5.91. The van der Waals surface area contributed by atoms with Crippen molar-refractivity contribution in [2.75, 3.05) is 19.0 Å². The van der Waals surface area contributed by atoms with E-state index in [2.05, 4.69) is 35.6 Å². The molecule has 1 aliphatic rings. The molecule has 4 heteroatoms. The van der Waals surface area contributed by atoms with Crippen LogP contribution in [-0.2, 0) is 30.7 Å². The van der Waals surface area contributed by atoms with Crippen LogP contribution in [-0.4, -0.2) is 24.5 Å². The Hall–Kier alpha value is -3.27. The van der Waals surface area contributed by atoms with Crippen LogP contribution in [0.1, 0.15) is 22.3 Å². The maximum absolute atomic E-state index is 12.7. The number of methoxy groups -OCH3 is 1. The van der Waals surface area contributed by atoms with Crippen LogP contribution in [0.3, 0.4) is 0 Å². The van der Waals surface area contributed by atoms with Crippen LogP contribution in [0.2, 0.25) is 0 Å². The first-order chi connectivity index (χ1) is 14.2. The Morgan fingerprint density at radius 1 is 0.931 bits per heavy atom. The molecule has 0 atom stereocenters. The molecule has 1 aliphatic heterocycles. The predicted molar refractivity (Wildman–Crippen MR) is 116 cm³/mol. The standard InChI is InChI=1S/C25H26N2O2/c1-29-24-12-8-20(9-13-24)17-26-23-10-6-19(7-11-23)16-25(28)27-15-14-21-4-2-3-5-22(21)18-27/h2-13,26H,14-18H2,1H3. The topological polar surface area (TPSA) is 41.6 Å². The smallest absolute Gasteiger partial charge is 0.227 e. The number of fused-ring (bicyclic) bond motifs is 1. The molecule has 0 unspecified atom stereocenters. The summed E-state index contributed by atoms with van der Waals surface area (Å²) in [4.78, 5) is 14.7. The summed E-state index contributed by atoms with van der Waals surface area (Å²) in [6.07, 6.45) is 1.39. The lowest BCUT2D eigenvalue weighted by Gasteiger charge is -2.29. The summed E-state index contributed by atoms with van der Waals surface area (Å²) in [5, 5.41) is 3.42. The number of carbonyl (C=O) groups excluding carboxylic acids is 1. The van der Waals surface area contributed by atoms with Crippen LogP contribution < -0.4 is 10.1 Å². The third-order valence-corrected chi connectivity index (χ3v) is 5.45. The molecule has 0 saturated carbocycles. The number of amides is 1. The second kappa shape index (κ2) is 8.82. The van der Waals surface area contributed by atoms with Gasteiger partial charge in [0.05, 0.1) is 13.5 Å². The zero-order valence-electron chi connectivity index (χ0n) is 16.7. The molecule has 1 N–H and O–H groups in total. The Morgan fingerprint density at radius 3 is 2.34 bits per heavy atom. The number of ether oxygens (including phenoxy) is 1. The van der Waals surface area contributed by atoms with Gasteiger partial charge in [-0.05, 0) is 52.9 Å². The SMILES string of the molecule is COc1ccc(CNc2ccc(CC(=O)N3CCc4ccccc4C3)cc2)cc1. The Morgan fingerprint density at radius 2 is 1.62 bits per heavy atom. The van der Waals surface area contributed by atoms with Gasteiger partial charge in [-0.2, -0.15) is 0 Å². The lowest BCUT2D eigenvalue weighted by molar-refractivity contribution is -0.131. The van der Waals surface area contributed by atoms with Gasteiger partial charge in [-0.25, -0.2) is 0 Å². The molecule has 0 saturated heterocycles. The molecule has 0 fully saturated rings.